The van der Waals surface area contributed by atoms with Crippen LogP contribution in [0.25, 0.3) is 0 Å². The van der Waals surface area contributed by atoms with Gasteiger partial charge >= 0.3 is 0 Å². The predicted molar refractivity (Wildman–Crippen MR) is 83.2 cm³/mol. The van der Waals surface area contributed by atoms with Gasteiger partial charge in [-0.2, -0.15) is 4.98 Å². The van der Waals surface area contributed by atoms with Crippen LogP contribution < -0.4 is 5.32 Å². The lowest BCUT2D eigenvalue weighted by atomic mass is 10.2. The SMILES string of the molecule is C=CCn1nc(Nc2ccccc2)nc1CCCCC. The molecule has 0 bridgehead atoms. The van der Waals surface area contributed by atoms with E-state index in [0.717, 1.165) is 24.4 Å². The van der Waals surface area contributed by atoms with E-state index >= 15 is 0 Å². The second-order valence-electron chi connectivity index (χ2n) is 4.77. The van der Waals surface area contributed by atoms with Gasteiger partial charge in [-0.1, -0.05) is 44.0 Å². The van der Waals surface area contributed by atoms with E-state index in [0.29, 0.717) is 12.5 Å². The van der Waals surface area contributed by atoms with Crippen molar-refractivity contribution in [2.24, 2.45) is 0 Å². The lowest BCUT2D eigenvalue weighted by molar-refractivity contribution is 0.615. The van der Waals surface area contributed by atoms with E-state index in [1.54, 1.807) is 0 Å². The summed E-state index contributed by atoms with van der Waals surface area (Å²) in [6, 6.07) is 9.98. The summed E-state index contributed by atoms with van der Waals surface area (Å²) >= 11 is 0. The predicted octanol–water partition coefficient (Wildman–Crippen LogP) is 3.94. The van der Waals surface area contributed by atoms with Crippen molar-refractivity contribution in [3.05, 3.63) is 48.8 Å². The highest BCUT2D eigenvalue weighted by Gasteiger charge is 2.08. The average Bonchev–Trinajstić information content (AvgIpc) is 2.83. The standard InChI is InChI=1S/C16H22N4/c1-3-5-7-12-15-18-16(19-20(15)13-4-2)17-14-10-8-6-9-11-14/h4,6,8-11H,2-3,5,7,12-13H2,1H3,(H,17,19). The van der Waals surface area contributed by atoms with Crippen LogP contribution in [0.15, 0.2) is 43.0 Å². The number of nitrogens with one attached hydrogen (secondary N) is 1. The number of benzene rings is 1. The third kappa shape index (κ3) is 3.95. The molecule has 20 heavy (non-hydrogen) atoms. The Morgan fingerprint density at radius 2 is 2.05 bits per heavy atom. The minimum Gasteiger partial charge on any atom is -0.323 e. The third-order valence-electron chi connectivity index (χ3n) is 3.08. The van der Waals surface area contributed by atoms with E-state index in [1.807, 2.05) is 41.1 Å². The number of unbranched alkanes of at least 4 members (excludes halogenated alkanes) is 2. The Morgan fingerprint density at radius 1 is 1.25 bits per heavy atom. The van der Waals surface area contributed by atoms with Crippen molar-refractivity contribution in [3.8, 4) is 0 Å². The van der Waals surface area contributed by atoms with Crippen LogP contribution in [0.2, 0.25) is 0 Å². The van der Waals surface area contributed by atoms with E-state index in [1.165, 1.54) is 12.8 Å². The van der Waals surface area contributed by atoms with Crippen molar-refractivity contribution in [3.63, 3.8) is 0 Å². The average molecular weight is 270 g/mol. The van der Waals surface area contributed by atoms with Crippen LogP contribution in [0.5, 0.6) is 0 Å². The Labute approximate surface area is 120 Å². The molecule has 0 radical (unpaired) electrons. The minimum absolute atomic E-state index is 0.657. The van der Waals surface area contributed by atoms with Gasteiger partial charge in [-0.05, 0) is 18.6 Å². The van der Waals surface area contributed by atoms with E-state index in [4.69, 9.17) is 0 Å². The van der Waals surface area contributed by atoms with E-state index in [2.05, 4.69) is 28.9 Å². The van der Waals surface area contributed by atoms with Gasteiger partial charge in [-0.15, -0.1) is 11.7 Å². The number of anilines is 2. The van der Waals surface area contributed by atoms with Crippen molar-refractivity contribution < 1.29 is 0 Å². The molecule has 1 heterocycles. The second kappa shape index (κ2) is 7.48. The molecular formula is C16H22N4. The molecule has 0 aliphatic rings. The summed E-state index contributed by atoms with van der Waals surface area (Å²) in [6.07, 6.45) is 6.40. The van der Waals surface area contributed by atoms with Gasteiger partial charge < -0.3 is 5.32 Å². The van der Waals surface area contributed by atoms with Gasteiger partial charge in [0.25, 0.3) is 0 Å². The fourth-order valence-corrected chi connectivity index (χ4v) is 2.06. The van der Waals surface area contributed by atoms with Crippen LogP contribution in [0.1, 0.15) is 32.0 Å². The summed E-state index contributed by atoms with van der Waals surface area (Å²) in [6.45, 7) is 6.68. The molecule has 1 aromatic heterocycles. The first-order valence-electron chi connectivity index (χ1n) is 7.20. The zero-order valence-corrected chi connectivity index (χ0v) is 12.0. The van der Waals surface area contributed by atoms with Crippen LogP contribution in [0.4, 0.5) is 11.6 Å². The molecule has 0 aliphatic carbocycles. The molecule has 1 N–H and O–H groups in total. The highest BCUT2D eigenvalue weighted by Crippen LogP contribution is 2.14. The molecule has 2 rings (SSSR count). The minimum atomic E-state index is 0.657. The Kier molecular flexibility index (Phi) is 5.35. The molecule has 106 valence electrons. The Bertz CT molecular complexity index is 531. The van der Waals surface area contributed by atoms with Gasteiger partial charge in [0.15, 0.2) is 0 Å². The lowest BCUT2D eigenvalue weighted by Gasteiger charge is -2.01. The maximum atomic E-state index is 4.59. The number of para-hydroxylation sites is 1. The zero-order chi connectivity index (χ0) is 14.2. The third-order valence-corrected chi connectivity index (χ3v) is 3.08. The zero-order valence-electron chi connectivity index (χ0n) is 12.0. The first kappa shape index (κ1) is 14.3. The van der Waals surface area contributed by atoms with Crippen molar-refractivity contribution in [1.82, 2.24) is 14.8 Å². The monoisotopic (exact) mass is 270 g/mol. The first-order chi connectivity index (χ1) is 9.83. The summed E-state index contributed by atoms with van der Waals surface area (Å²) in [7, 11) is 0. The van der Waals surface area contributed by atoms with Gasteiger partial charge in [0.05, 0.1) is 6.54 Å². The smallest absolute Gasteiger partial charge is 0.246 e. The molecule has 0 saturated carbocycles. The molecule has 1 aromatic carbocycles. The van der Waals surface area contributed by atoms with Crippen LogP contribution in [-0.4, -0.2) is 14.8 Å². The van der Waals surface area contributed by atoms with Crippen molar-refractivity contribution >= 4 is 11.6 Å². The highest BCUT2D eigenvalue weighted by molar-refractivity contribution is 5.52. The maximum absolute atomic E-state index is 4.59. The van der Waals surface area contributed by atoms with Crippen LogP contribution in [0.3, 0.4) is 0 Å². The molecule has 2 aromatic rings. The summed E-state index contributed by atoms with van der Waals surface area (Å²) in [5.41, 5.74) is 1.00. The summed E-state index contributed by atoms with van der Waals surface area (Å²) < 4.78 is 1.92. The van der Waals surface area contributed by atoms with E-state index < -0.39 is 0 Å². The van der Waals surface area contributed by atoms with Gasteiger partial charge in [0.2, 0.25) is 5.95 Å². The van der Waals surface area contributed by atoms with Crippen LogP contribution in [-0.2, 0) is 13.0 Å². The summed E-state index contributed by atoms with van der Waals surface area (Å²) in [4.78, 5) is 4.59. The number of allylic oxidation sites excluding steroid dienone is 1. The number of hydrogen-bond donors (Lipinski definition) is 1. The molecule has 4 nitrogen and oxygen atoms in total. The Morgan fingerprint density at radius 3 is 2.75 bits per heavy atom. The Hall–Kier alpha value is -2.10. The maximum Gasteiger partial charge on any atom is 0.246 e. The lowest BCUT2D eigenvalue weighted by Crippen LogP contribution is -2.04. The first-order valence-corrected chi connectivity index (χ1v) is 7.20. The van der Waals surface area contributed by atoms with Crippen molar-refractivity contribution in [2.45, 2.75) is 39.2 Å². The molecule has 0 aliphatic heterocycles. The molecule has 4 heteroatoms. The number of hydrogen-bond acceptors (Lipinski definition) is 3. The van der Waals surface area contributed by atoms with Gasteiger partial charge in [0, 0.05) is 12.1 Å². The van der Waals surface area contributed by atoms with Gasteiger partial charge in [-0.3, -0.25) is 0 Å². The molecule has 0 unspecified atom stereocenters. The van der Waals surface area contributed by atoms with Crippen molar-refractivity contribution in [2.75, 3.05) is 5.32 Å². The number of aromatic nitrogens is 3. The van der Waals surface area contributed by atoms with E-state index in [-0.39, 0.29) is 0 Å². The molecule has 0 atom stereocenters. The number of aryl methyl sites for hydroxylation is 1. The summed E-state index contributed by atoms with van der Waals surface area (Å²) in [5, 5.41) is 7.73. The molecule has 0 amide bonds. The van der Waals surface area contributed by atoms with Gasteiger partial charge in [0.1, 0.15) is 5.82 Å². The second-order valence-corrected chi connectivity index (χ2v) is 4.77. The highest BCUT2D eigenvalue weighted by atomic mass is 15.4. The topological polar surface area (TPSA) is 42.7 Å². The molecule has 0 spiro atoms. The van der Waals surface area contributed by atoms with E-state index in [9.17, 15) is 0 Å². The largest absolute Gasteiger partial charge is 0.323 e. The summed E-state index contributed by atoms with van der Waals surface area (Å²) in [5.74, 6) is 1.68. The quantitative estimate of drug-likeness (QED) is 0.583. The van der Waals surface area contributed by atoms with Crippen LogP contribution >= 0.6 is 0 Å². The fourth-order valence-electron chi connectivity index (χ4n) is 2.06. The molecule has 0 saturated heterocycles. The Balaban J connectivity index is 2.09. The molecular weight excluding hydrogens is 248 g/mol. The van der Waals surface area contributed by atoms with Gasteiger partial charge in [-0.25, -0.2) is 4.68 Å². The van der Waals surface area contributed by atoms with Crippen LogP contribution in [0, 0.1) is 0 Å². The normalized spacial score (nSPS) is 10.4. The van der Waals surface area contributed by atoms with Crippen molar-refractivity contribution in [1.29, 1.82) is 0 Å². The number of rotatable bonds is 8. The fraction of sp³-hybridized carbons (Fsp3) is 0.375. The molecule has 0 fully saturated rings. The number of nitrogens with zero attached hydrogens (tertiary/aromatic N) is 3.